The molecule has 0 atom stereocenters. The Kier molecular flexibility index (Phi) is 3.65. The molecule has 1 aromatic heterocycles. The molecule has 0 fully saturated rings. The van der Waals surface area contributed by atoms with Gasteiger partial charge in [-0.1, -0.05) is 18.2 Å². The van der Waals surface area contributed by atoms with Crippen molar-refractivity contribution in [3.8, 4) is 0 Å². The predicted octanol–water partition coefficient (Wildman–Crippen LogP) is 2.89. The molecule has 0 bridgehead atoms. The maximum Gasteiger partial charge on any atom is 0.0931 e. The van der Waals surface area contributed by atoms with Gasteiger partial charge in [-0.25, -0.2) is 4.98 Å². The first-order valence-corrected chi connectivity index (χ1v) is 6.74. The number of aromatic nitrogens is 2. The molecule has 0 aliphatic carbocycles. The number of nitrogens with zero attached hydrogens (tertiary/aromatic N) is 1. The molecule has 0 spiro atoms. The van der Waals surface area contributed by atoms with Gasteiger partial charge in [0.25, 0.3) is 0 Å². The third-order valence-electron chi connectivity index (χ3n) is 3.39. The molecule has 0 radical (unpaired) electrons. The molecule has 3 rings (SSSR count). The summed E-state index contributed by atoms with van der Waals surface area (Å²) in [5.41, 5.74) is 5.78. The van der Waals surface area contributed by atoms with Crippen LogP contribution in [0.25, 0.3) is 11.0 Å². The van der Waals surface area contributed by atoms with Crippen molar-refractivity contribution in [3.63, 3.8) is 0 Å². The van der Waals surface area contributed by atoms with Gasteiger partial charge in [-0.15, -0.1) is 0 Å². The van der Waals surface area contributed by atoms with E-state index in [1.807, 2.05) is 13.1 Å². The summed E-state index contributed by atoms with van der Waals surface area (Å²) in [6.07, 6.45) is 1.73. The largest absolute Gasteiger partial charge is 0.388 e. The molecule has 3 aromatic rings. The van der Waals surface area contributed by atoms with Crippen molar-refractivity contribution in [3.05, 3.63) is 59.9 Å². The van der Waals surface area contributed by atoms with Gasteiger partial charge in [0.15, 0.2) is 0 Å². The zero-order chi connectivity index (χ0) is 13.8. The van der Waals surface area contributed by atoms with Crippen molar-refractivity contribution in [2.75, 3.05) is 12.4 Å². The third kappa shape index (κ3) is 2.81. The van der Waals surface area contributed by atoms with Crippen molar-refractivity contribution in [2.45, 2.75) is 13.1 Å². The van der Waals surface area contributed by atoms with E-state index < -0.39 is 0 Å². The highest BCUT2D eigenvalue weighted by atomic mass is 14.9. The average molecular weight is 266 g/mol. The van der Waals surface area contributed by atoms with E-state index in [0.29, 0.717) is 0 Å². The quantitative estimate of drug-likeness (QED) is 0.665. The third-order valence-corrected chi connectivity index (χ3v) is 3.39. The van der Waals surface area contributed by atoms with Gasteiger partial charge >= 0.3 is 0 Å². The number of hydrogen-bond acceptors (Lipinski definition) is 3. The summed E-state index contributed by atoms with van der Waals surface area (Å²) >= 11 is 0. The van der Waals surface area contributed by atoms with E-state index in [-0.39, 0.29) is 0 Å². The first kappa shape index (κ1) is 12.7. The lowest BCUT2D eigenvalue weighted by Gasteiger charge is -2.06. The molecule has 4 heteroatoms. The summed E-state index contributed by atoms with van der Waals surface area (Å²) < 4.78 is 0. The van der Waals surface area contributed by atoms with Gasteiger partial charge in [-0.3, -0.25) is 0 Å². The van der Waals surface area contributed by atoms with Gasteiger partial charge in [0.1, 0.15) is 0 Å². The van der Waals surface area contributed by atoms with Gasteiger partial charge in [0, 0.05) is 25.8 Å². The summed E-state index contributed by atoms with van der Waals surface area (Å²) in [6, 6.07) is 14.7. The molecular weight excluding hydrogens is 248 g/mol. The maximum absolute atomic E-state index is 4.22. The second kappa shape index (κ2) is 5.75. The summed E-state index contributed by atoms with van der Waals surface area (Å²) in [6.45, 7) is 1.72. The van der Waals surface area contributed by atoms with E-state index in [0.717, 1.165) is 29.8 Å². The molecule has 1 heterocycles. The van der Waals surface area contributed by atoms with Gasteiger partial charge in [-0.2, -0.15) is 0 Å². The predicted molar refractivity (Wildman–Crippen MR) is 82.6 cm³/mol. The first-order chi connectivity index (χ1) is 9.85. The van der Waals surface area contributed by atoms with Crippen LogP contribution in [0.1, 0.15) is 11.1 Å². The molecule has 0 saturated carbocycles. The molecule has 0 aliphatic rings. The minimum absolute atomic E-state index is 0.850. The number of aromatic amines is 1. The monoisotopic (exact) mass is 266 g/mol. The molecule has 0 saturated heterocycles. The van der Waals surface area contributed by atoms with Gasteiger partial charge in [0.05, 0.1) is 17.4 Å². The van der Waals surface area contributed by atoms with Crippen molar-refractivity contribution in [2.24, 2.45) is 0 Å². The van der Waals surface area contributed by atoms with E-state index in [9.17, 15) is 0 Å². The second-order valence-corrected chi connectivity index (χ2v) is 4.80. The molecular formula is C16H18N4. The standard InChI is InChI=1S/C16H18N4/c1-17-14-5-2-12(3-6-14)9-18-10-13-4-7-15-16(8-13)20-11-19-15/h2-8,11,17-18H,9-10H2,1H3,(H,19,20). The number of anilines is 1. The lowest BCUT2D eigenvalue weighted by Crippen LogP contribution is -2.12. The van der Waals surface area contributed by atoms with E-state index >= 15 is 0 Å². The fourth-order valence-corrected chi connectivity index (χ4v) is 2.23. The highest BCUT2D eigenvalue weighted by molar-refractivity contribution is 5.74. The molecule has 0 unspecified atom stereocenters. The van der Waals surface area contributed by atoms with Crippen LogP contribution in [0.5, 0.6) is 0 Å². The number of fused-ring (bicyclic) bond motifs is 1. The van der Waals surface area contributed by atoms with Crippen molar-refractivity contribution in [1.29, 1.82) is 0 Å². The lowest BCUT2D eigenvalue weighted by atomic mass is 10.1. The smallest absolute Gasteiger partial charge is 0.0931 e. The summed E-state index contributed by atoms with van der Waals surface area (Å²) in [4.78, 5) is 7.36. The van der Waals surface area contributed by atoms with Crippen LogP contribution in [-0.2, 0) is 13.1 Å². The Hall–Kier alpha value is -2.33. The normalized spacial score (nSPS) is 10.8. The maximum atomic E-state index is 4.22. The minimum Gasteiger partial charge on any atom is -0.388 e. The van der Waals surface area contributed by atoms with Crippen molar-refractivity contribution >= 4 is 16.7 Å². The Morgan fingerprint density at radius 3 is 2.55 bits per heavy atom. The van der Waals surface area contributed by atoms with E-state index in [1.54, 1.807) is 6.33 Å². The van der Waals surface area contributed by atoms with Gasteiger partial charge in [-0.05, 0) is 35.4 Å². The fourth-order valence-electron chi connectivity index (χ4n) is 2.23. The molecule has 102 valence electrons. The van der Waals surface area contributed by atoms with E-state index in [2.05, 4.69) is 57.0 Å². The zero-order valence-electron chi connectivity index (χ0n) is 11.5. The Morgan fingerprint density at radius 2 is 1.75 bits per heavy atom. The topological polar surface area (TPSA) is 52.7 Å². The minimum atomic E-state index is 0.850. The number of imidazole rings is 1. The fraction of sp³-hybridized carbons (Fsp3) is 0.188. The Balaban J connectivity index is 1.58. The van der Waals surface area contributed by atoms with Crippen molar-refractivity contribution in [1.82, 2.24) is 15.3 Å². The summed E-state index contributed by atoms with van der Waals surface area (Å²) in [7, 11) is 1.93. The molecule has 0 aliphatic heterocycles. The average Bonchev–Trinajstić information content (AvgIpc) is 2.95. The summed E-state index contributed by atoms with van der Waals surface area (Å²) in [5, 5.41) is 6.58. The molecule has 3 N–H and O–H groups in total. The second-order valence-electron chi connectivity index (χ2n) is 4.80. The van der Waals surface area contributed by atoms with Crippen LogP contribution in [0.2, 0.25) is 0 Å². The van der Waals surface area contributed by atoms with Gasteiger partial charge in [0.2, 0.25) is 0 Å². The van der Waals surface area contributed by atoms with Gasteiger partial charge < -0.3 is 15.6 Å². The van der Waals surface area contributed by atoms with Crippen LogP contribution < -0.4 is 10.6 Å². The van der Waals surface area contributed by atoms with Crippen molar-refractivity contribution < 1.29 is 0 Å². The zero-order valence-corrected chi connectivity index (χ0v) is 11.5. The summed E-state index contributed by atoms with van der Waals surface area (Å²) in [5.74, 6) is 0. The highest BCUT2D eigenvalue weighted by Crippen LogP contribution is 2.12. The Bertz CT molecular complexity index is 685. The lowest BCUT2D eigenvalue weighted by molar-refractivity contribution is 0.694. The highest BCUT2D eigenvalue weighted by Gasteiger charge is 1.99. The molecule has 2 aromatic carbocycles. The van der Waals surface area contributed by atoms with Crippen LogP contribution in [0, 0.1) is 0 Å². The van der Waals surface area contributed by atoms with Crippen LogP contribution in [0.15, 0.2) is 48.8 Å². The number of rotatable bonds is 5. The number of hydrogen-bond donors (Lipinski definition) is 3. The Labute approximate surface area is 118 Å². The number of nitrogens with one attached hydrogen (secondary N) is 3. The van der Waals surface area contributed by atoms with Crippen LogP contribution >= 0.6 is 0 Å². The van der Waals surface area contributed by atoms with E-state index in [1.165, 1.54) is 11.1 Å². The van der Waals surface area contributed by atoms with Crippen LogP contribution in [0.4, 0.5) is 5.69 Å². The first-order valence-electron chi connectivity index (χ1n) is 6.74. The van der Waals surface area contributed by atoms with E-state index in [4.69, 9.17) is 0 Å². The molecule has 4 nitrogen and oxygen atoms in total. The SMILES string of the molecule is CNc1ccc(CNCc2ccc3nc[nH]c3c2)cc1. The van der Waals surface area contributed by atoms with Crippen LogP contribution in [-0.4, -0.2) is 17.0 Å². The molecule has 20 heavy (non-hydrogen) atoms. The number of benzene rings is 2. The van der Waals surface area contributed by atoms with Crippen LogP contribution in [0.3, 0.4) is 0 Å². The Morgan fingerprint density at radius 1 is 1.00 bits per heavy atom. The number of H-pyrrole nitrogens is 1. The molecule has 0 amide bonds.